The van der Waals surface area contributed by atoms with Crippen molar-refractivity contribution in [2.24, 2.45) is 0 Å². The number of carboxylic acid groups (broad SMARTS) is 2. The van der Waals surface area contributed by atoms with Crippen molar-refractivity contribution in [1.29, 1.82) is 0 Å². The van der Waals surface area contributed by atoms with Crippen molar-refractivity contribution in [3.8, 4) is 5.75 Å². The lowest BCUT2D eigenvalue weighted by molar-refractivity contribution is -0.137. The summed E-state index contributed by atoms with van der Waals surface area (Å²) in [4.78, 5) is 46.5. The average molecular weight is 427 g/mol. The van der Waals surface area contributed by atoms with Crippen LogP contribution in [0.1, 0.15) is 34.0 Å². The van der Waals surface area contributed by atoms with E-state index in [1.165, 1.54) is 37.5 Å². The van der Waals surface area contributed by atoms with E-state index in [1.807, 2.05) is 0 Å². The monoisotopic (exact) mass is 427 g/mol. The van der Waals surface area contributed by atoms with Gasteiger partial charge in [-0.25, -0.2) is 9.59 Å². The Balaban J connectivity index is 2.22. The summed E-state index contributed by atoms with van der Waals surface area (Å²) < 4.78 is 10.4. The van der Waals surface area contributed by atoms with Crippen LogP contribution in [-0.2, 0) is 19.1 Å². The fourth-order valence-corrected chi connectivity index (χ4v) is 2.51. The summed E-state index contributed by atoms with van der Waals surface area (Å²) in [6.07, 6.45) is 0.719. The number of carboxylic acids is 2. The first-order valence-electron chi connectivity index (χ1n) is 9.15. The van der Waals surface area contributed by atoms with Gasteiger partial charge in [0, 0.05) is 18.2 Å². The van der Waals surface area contributed by atoms with Gasteiger partial charge in [0.25, 0.3) is 5.91 Å². The minimum absolute atomic E-state index is 0.135. The highest BCUT2D eigenvalue weighted by Crippen LogP contribution is 2.22. The lowest BCUT2D eigenvalue weighted by Crippen LogP contribution is -2.33. The third-order valence-electron chi connectivity index (χ3n) is 4.08. The van der Waals surface area contributed by atoms with Crippen LogP contribution in [0.25, 0.3) is 6.08 Å². The zero-order valence-corrected chi connectivity index (χ0v) is 16.6. The molecule has 1 unspecified atom stereocenters. The molecule has 3 N–H and O–H groups in total. The maximum absolute atomic E-state index is 12.6. The summed E-state index contributed by atoms with van der Waals surface area (Å²) in [6, 6.07) is 12.3. The van der Waals surface area contributed by atoms with Gasteiger partial charge in [-0.2, -0.15) is 0 Å². The summed E-state index contributed by atoms with van der Waals surface area (Å²) in [5, 5.41) is 19.9. The number of nitrogens with one attached hydrogen (secondary N) is 1. The van der Waals surface area contributed by atoms with Gasteiger partial charge in [-0.05, 0) is 35.9 Å². The quantitative estimate of drug-likeness (QED) is 0.388. The van der Waals surface area contributed by atoms with Gasteiger partial charge in [-0.1, -0.05) is 24.3 Å². The molecule has 0 aliphatic carbocycles. The summed E-state index contributed by atoms with van der Waals surface area (Å²) in [6.45, 7) is -0.135. The topological polar surface area (TPSA) is 139 Å². The van der Waals surface area contributed by atoms with Crippen LogP contribution in [0.3, 0.4) is 0 Å². The van der Waals surface area contributed by atoms with Crippen LogP contribution >= 0.6 is 0 Å². The molecule has 0 bridgehead atoms. The second-order valence-electron chi connectivity index (χ2n) is 6.29. The minimum Gasteiger partial charge on any atom is -0.497 e. The Kier molecular flexibility index (Phi) is 8.32. The molecular weight excluding hydrogens is 406 g/mol. The fraction of sp³-hybridized carbons (Fsp3) is 0.182. The molecule has 1 amide bonds. The zero-order valence-electron chi connectivity index (χ0n) is 16.6. The number of ether oxygens (including phenoxy) is 2. The highest BCUT2D eigenvalue weighted by molar-refractivity contribution is 5.93. The Labute approximate surface area is 177 Å². The van der Waals surface area contributed by atoms with Crippen molar-refractivity contribution in [3.63, 3.8) is 0 Å². The molecule has 2 rings (SSSR count). The van der Waals surface area contributed by atoms with E-state index in [0.717, 1.165) is 6.08 Å². The number of aliphatic carboxylic acids is 2. The molecule has 9 heteroatoms. The van der Waals surface area contributed by atoms with Crippen LogP contribution in [-0.4, -0.2) is 47.7 Å². The second-order valence-corrected chi connectivity index (χ2v) is 6.29. The zero-order chi connectivity index (χ0) is 22.8. The first kappa shape index (κ1) is 23.1. The average Bonchev–Trinajstić information content (AvgIpc) is 2.76. The summed E-state index contributed by atoms with van der Waals surface area (Å²) in [5.41, 5.74) is 1.10. The van der Waals surface area contributed by atoms with Gasteiger partial charge in [-0.15, -0.1) is 0 Å². The van der Waals surface area contributed by atoms with E-state index in [-0.39, 0.29) is 18.5 Å². The van der Waals surface area contributed by atoms with Gasteiger partial charge in [0.05, 0.1) is 19.1 Å². The normalized spacial score (nSPS) is 11.5. The molecule has 162 valence electrons. The molecule has 31 heavy (non-hydrogen) atoms. The molecule has 2 aromatic carbocycles. The number of methoxy groups -OCH3 is 1. The predicted molar refractivity (Wildman–Crippen MR) is 110 cm³/mol. The lowest BCUT2D eigenvalue weighted by atomic mass is 10.1. The van der Waals surface area contributed by atoms with E-state index in [0.29, 0.717) is 16.9 Å². The molecule has 0 spiro atoms. The molecule has 0 heterocycles. The third kappa shape index (κ3) is 7.32. The summed E-state index contributed by atoms with van der Waals surface area (Å²) in [5.74, 6) is -3.08. The van der Waals surface area contributed by atoms with Crippen LogP contribution in [0.2, 0.25) is 0 Å². The molecule has 0 radical (unpaired) electrons. The maximum atomic E-state index is 12.6. The van der Waals surface area contributed by atoms with Gasteiger partial charge in [0.15, 0.2) is 0 Å². The largest absolute Gasteiger partial charge is 0.497 e. The summed E-state index contributed by atoms with van der Waals surface area (Å²) >= 11 is 0. The molecule has 0 aliphatic heterocycles. The number of carbonyl (C=O) groups is 4. The number of esters is 1. The van der Waals surface area contributed by atoms with Gasteiger partial charge >= 0.3 is 17.9 Å². The van der Waals surface area contributed by atoms with Crippen molar-refractivity contribution >= 4 is 29.9 Å². The maximum Gasteiger partial charge on any atom is 0.339 e. The van der Waals surface area contributed by atoms with E-state index < -0.39 is 29.9 Å². The molecule has 1 atom stereocenters. The van der Waals surface area contributed by atoms with Crippen molar-refractivity contribution in [2.45, 2.75) is 12.5 Å². The van der Waals surface area contributed by atoms with Crippen LogP contribution in [0, 0.1) is 0 Å². The van der Waals surface area contributed by atoms with Crippen LogP contribution < -0.4 is 10.1 Å². The SMILES string of the molecule is COc1ccc(C(=O)OC(C(=O)NCCC(=O)O)c2ccc(C=CC(=O)O)cc2)cc1. The molecule has 0 saturated carbocycles. The molecular formula is C22H21NO8. The van der Waals surface area contributed by atoms with Gasteiger partial charge in [0.2, 0.25) is 6.10 Å². The number of benzene rings is 2. The van der Waals surface area contributed by atoms with Gasteiger partial charge < -0.3 is 25.0 Å². The first-order valence-corrected chi connectivity index (χ1v) is 9.15. The minimum atomic E-state index is -1.33. The predicted octanol–water partition coefficient (Wildman–Crippen LogP) is 2.28. The first-order chi connectivity index (χ1) is 14.8. The molecule has 0 fully saturated rings. The number of hydrogen-bond donors (Lipinski definition) is 3. The number of carbonyl (C=O) groups excluding carboxylic acids is 2. The fourth-order valence-electron chi connectivity index (χ4n) is 2.51. The van der Waals surface area contributed by atoms with Gasteiger partial charge in [-0.3, -0.25) is 9.59 Å². The standard InChI is InChI=1S/C22H21NO8/c1-30-17-9-7-16(8-10-17)22(29)31-20(21(28)23-13-12-19(26)27)15-5-2-14(3-6-15)4-11-18(24)25/h2-11,20H,12-13H2,1H3,(H,23,28)(H,24,25)(H,26,27). The number of rotatable bonds is 10. The molecule has 0 aromatic heterocycles. The van der Waals surface area contributed by atoms with Crippen molar-refractivity contribution in [1.82, 2.24) is 5.32 Å². The van der Waals surface area contributed by atoms with Crippen LogP contribution in [0.15, 0.2) is 54.6 Å². The van der Waals surface area contributed by atoms with Crippen molar-refractivity contribution in [3.05, 3.63) is 71.3 Å². The van der Waals surface area contributed by atoms with E-state index >= 15 is 0 Å². The summed E-state index contributed by atoms with van der Waals surface area (Å²) in [7, 11) is 1.49. The Hall–Kier alpha value is -4.14. The van der Waals surface area contributed by atoms with E-state index in [4.69, 9.17) is 19.7 Å². The molecule has 9 nitrogen and oxygen atoms in total. The van der Waals surface area contributed by atoms with E-state index in [1.54, 1.807) is 24.3 Å². The van der Waals surface area contributed by atoms with E-state index in [9.17, 15) is 19.2 Å². The van der Waals surface area contributed by atoms with Gasteiger partial charge in [0.1, 0.15) is 5.75 Å². The van der Waals surface area contributed by atoms with Crippen LogP contribution in [0.4, 0.5) is 0 Å². The highest BCUT2D eigenvalue weighted by atomic mass is 16.5. The lowest BCUT2D eigenvalue weighted by Gasteiger charge is -2.18. The Bertz CT molecular complexity index is 964. The van der Waals surface area contributed by atoms with Crippen molar-refractivity contribution < 1.29 is 38.9 Å². The second kappa shape index (κ2) is 11.1. The smallest absolute Gasteiger partial charge is 0.339 e. The highest BCUT2D eigenvalue weighted by Gasteiger charge is 2.25. The third-order valence-corrected chi connectivity index (χ3v) is 4.08. The Morgan fingerprint density at radius 2 is 1.65 bits per heavy atom. The molecule has 0 aliphatic rings. The van der Waals surface area contributed by atoms with E-state index in [2.05, 4.69) is 5.32 Å². The Morgan fingerprint density at radius 1 is 1.00 bits per heavy atom. The molecule has 0 saturated heterocycles. The Morgan fingerprint density at radius 3 is 2.19 bits per heavy atom. The van der Waals surface area contributed by atoms with Crippen molar-refractivity contribution in [2.75, 3.05) is 13.7 Å². The number of hydrogen-bond acceptors (Lipinski definition) is 6. The molecule has 2 aromatic rings. The van der Waals surface area contributed by atoms with Crippen LogP contribution in [0.5, 0.6) is 5.75 Å². The number of amides is 1.